The van der Waals surface area contributed by atoms with Crippen molar-refractivity contribution in [2.75, 3.05) is 32.3 Å². The molecule has 0 aliphatic carbocycles. The van der Waals surface area contributed by atoms with E-state index in [1.165, 1.54) is 14.2 Å². The molecule has 1 aliphatic rings. The van der Waals surface area contributed by atoms with Gasteiger partial charge in [-0.1, -0.05) is 23.2 Å². The summed E-state index contributed by atoms with van der Waals surface area (Å²) >= 11 is 12.8. The molecule has 2 unspecified atom stereocenters. The summed E-state index contributed by atoms with van der Waals surface area (Å²) in [7, 11) is 2.68. The zero-order valence-electron chi connectivity index (χ0n) is 18.7. The Morgan fingerprint density at radius 1 is 1.18 bits per heavy atom. The van der Waals surface area contributed by atoms with Crippen LogP contribution < -0.4 is 4.90 Å². The summed E-state index contributed by atoms with van der Waals surface area (Å²) in [6.45, 7) is 0.190. The van der Waals surface area contributed by atoms with E-state index >= 15 is 0 Å². The summed E-state index contributed by atoms with van der Waals surface area (Å²) in [4.78, 5) is 34.9. The molecule has 4 rings (SSSR count). The molecule has 2 atom stereocenters. The average Bonchev–Trinajstić information content (AvgIpc) is 3.53. The number of anilines is 1. The second-order valence-corrected chi connectivity index (χ2v) is 8.61. The molecule has 1 aromatic carbocycles. The second-order valence-electron chi connectivity index (χ2n) is 7.82. The fraction of sp³-hybridized carbons (Fsp3) is 0.391. The van der Waals surface area contributed by atoms with Crippen molar-refractivity contribution in [3.63, 3.8) is 0 Å². The summed E-state index contributed by atoms with van der Waals surface area (Å²) < 4.78 is 17.0. The van der Waals surface area contributed by atoms with Crippen LogP contribution in [-0.4, -0.2) is 66.0 Å². The lowest BCUT2D eigenvalue weighted by atomic mass is 10.1. The highest BCUT2D eigenvalue weighted by Gasteiger charge is 2.39. The van der Waals surface area contributed by atoms with Crippen molar-refractivity contribution in [2.24, 2.45) is 0 Å². The van der Waals surface area contributed by atoms with Crippen molar-refractivity contribution in [1.29, 1.82) is 0 Å². The molecule has 180 valence electrons. The van der Waals surface area contributed by atoms with E-state index in [4.69, 9.17) is 37.7 Å². The fourth-order valence-corrected chi connectivity index (χ4v) is 4.62. The van der Waals surface area contributed by atoms with Crippen LogP contribution in [-0.2, 0) is 23.8 Å². The fourth-order valence-electron chi connectivity index (χ4n) is 4.26. The highest BCUT2D eigenvalue weighted by molar-refractivity contribution is 6.45. The Kier molecular flexibility index (Phi) is 7.55. The molecule has 11 heteroatoms. The number of rotatable bonds is 8. The topological polar surface area (TPSA) is 95.8 Å². The molecule has 3 aromatic rings. The van der Waals surface area contributed by atoms with Crippen LogP contribution in [0.2, 0.25) is 10.0 Å². The number of imidazole rings is 1. The van der Waals surface area contributed by atoms with Crippen LogP contribution >= 0.6 is 23.2 Å². The van der Waals surface area contributed by atoms with Crippen LogP contribution in [0.25, 0.3) is 16.6 Å². The van der Waals surface area contributed by atoms with Gasteiger partial charge in [0.15, 0.2) is 0 Å². The van der Waals surface area contributed by atoms with Crippen molar-refractivity contribution < 1.29 is 23.8 Å². The van der Waals surface area contributed by atoms with Crippen molar-refractivity contribution in [2.45, 2.75) is 31.3 Å². The molecule has 0 N–H and O–H groups in total. The second kappa shape index (κ2) is 10.6. The van der Waals surface area contributed by atoms with E-state index in [2.05, 4.69) is 9.72 Å². The third-order valence-electron chi connectivity index (χ3n) is 5.90. The highest BCUT2D eigenvalue weighted by Crippen LogP contribution is 2.38. The van der Waals surface area contributed by atoms with Gasteiger partial charge < -0.3 is 23.7 Å². The van der Waals surface area contributed by atoms with Gasteiger partial charge in [-0.25, -0.2) is 19.6 Å². The van der Waals surface area contributed by atoms with E-state index in [9.17, 15) is 9.59 Å². The average molecular weight is 507 g/mol. The number of fused-ring (bicyclic) bond motifs is 1. The van der Waals surface area contributed by atoms with Crippen LogP contribution in [0.1, 0.15) is 19.3 Å². The summed E-state index contributed by atoms with van der Waals surface area (Å²) in [6, 6.07) is 4.89. The first kappa shape index (κ1) is 24.3. The molecule has 1 aliphatic heterocycles. The van der Waals surface area contributed by atoms with Gasteiger partial charge in [-0.05, 0) is 31.4 Å². The minimum atomic E-state index is -0.519. The first-order valence-electron chi connectivity index (χ1n) is 10.7. The van der Waals surface area contributed by atoms with Crippen LogP contribution in [0.4, 0.5) is 5.82 Å². The summed E-state index contributed by atoms with van der Waals surface area (Å²) in [5.41, 5.74) is 1.32. The number of esters is 2. The SMILES string of the molecule is COC(=O)COCCC1CCC(C(=O)OC)N1c1cc(-n2ccnc2)c2ccc(Cl)c(Cl)c2n1. The Hall–Kier alpha value is -2.88. The van der Waals surface area contributed by atoms with Crippen molar-refractivity contribution >= 4 is 51.9 Å². The van der Waals surface area contributed by atoms with Gasteiger partial charge in [0.2, 0.25) is 0 Å². The van der Waals surface area contributed by atoms with E-state index in [1.54, 1.807) is 18.6 Å². The van der Waals surface area contributed by atoms with Crippen LogP contribution in [0.5, 0.6) is 0 Å². The molecular formula is C23H24Cl2N4O5. The third-order valence-corrected chi connectivity index (χ3v) is 6.70. The summed E-state index contributed by atoms with van der Waals surface area (Å²) in [5.74, 6) is -0.226. The van der Waals surface area contributed by atoms with Crippen LogP contribution in [0.15, 0.2) is 36.9 Å². The normalized spacial score (nSPS) is 17.8. The number of ether oxygens (including phenoxy) is 3. The lowest BCUT2D eigenvalue weighted by molar-refractivity contribution is -0.146. The number of carbonyl (C=O) groups excluding carboxylic acids is 2. The van der Waals surface area contributed by atoms with E-state index in [-0.39, 0.29) is 18.6 Å². The monoisotopic (exact) mass is 506 g/mol. The van der Waals surface area contributed by atoms with Gasteiger partial charge >= 0.3 is 11.9 Å². The highest BCUT2D eigenvalue weighted by atomic mass is 35.5. The zero-order valence-corrected chi connectivity index (χ0v) is 20.3. The van der Waals surface area contributed by atoms with Crippen molar-refractivity contribution in [3.8, 4) is 5.69 Å². The predicted octanol–water partition coefficient (Wildman–Crippen LogP) is 3.82. The third kappa shape index (κ3) is 4.82. The molecule has 0 bridgehead atoms. The molecule has 0 radical (unpaired) electrons. The number of benzene rings is 1. The molecule has 2 aromatic heterocycles. The molecule has 0 spiro atoms. The van der Waals surface area contributed by atoms with Crippen LogP contribution in [0.3, 0.4) is 0 Å². The van der Waals surface area contributed by atoms with Gasteiger partial charge in [0.1, 0.15) is 18.5 Å². The number of nitrogens with zero attached hydrogens (tertiary/aromatic N) is 4. The number of methoxy groups -OCH3 is 2. The maximum Gasteiger partial charge on any atom is 0.331 e. The number of hydrogen-bond donors (Lipinski definition) is 0. The standard InChI is InChI=1S/C23H24Cl2N4O5/c1-32-20(30)12-34-10-7-14-3-6-17(23(31)33-2)29(14)19-11-18(28-9-8-26-13-28)15-4-5-16(24)21(25)22(15)27-19/h4-5,8-9,11,13-14,17H,3,6-7,10,12H2,1-2H3. The van der Waals surface area contributed by atoms with Gasteiger partial charge in [0, 0.05) is 36.5 Å². The summed E-state index contributed by atoms with van der Waals surface area (Å²) in [6.07, 6.45) is 7.08. The quantitative estimate of drug-likeness (QED) is 0.336. The molecule has 0 saturated carbocycles. The number of halogens is 2. The molecule has 9 nitrogen and oxygen atoms in total. The van der Waals surface area contributed by atoms with Gasteiger partial charge in [0.05, 0.1) is 41.8 Å². The van der Waals surface area contributed by atoms with E-state index in [0.29, 0.717) is 40.8 Å². The Balaban J connectivity index is 1.75. The molecule has 1 saturated heterocycles. The van der Waals surface area contributed by atoms with E-state index in [1.807, 2.05) is 27.8 Å². The maximum absolute atomic E-state index is 12.7. The molecule has 1 fully saturated rings. The summed E-state index contributed by atoms with van der Waals surface area (Å²) in [5, 5.41) is 1.51. The van der Waals surface area contributed by atoms with Crippen molar-refractivity contribution in [3.05, 3.63) is 47.0 Å². The Labute approximate surface area is 206 Å². The number of aromatic nitrogens is 3. The minimum absolute atomic E-state index is 0.0692. The maximum atomic E-state index is 12.7. The number of pyridine rings is 1. The van der Waals surface area contributed by atoms with E-state index in [0.717, 1.165) is 17.5 Å². The lowest BCUT2D eigenvalue weighted by Gasteiger charge is -2.31. The van der Waals surface area contributed by atoms with Gasteiger partial charge in [-0.3, -0.25) is 0 Å². The molecule has 0 amide bonds. The van der Waals surface area contributed by atoms with Crippen LogP contribution in [0, 0.1) is 0 Å². The number of hydrogen-bond acceptors (Lipinski definition) is 8. The van der Waals surface area contributed by atoms with Crippen molar-refractivity contribution in [1.82, 2.24) is 14.5 Å². The van der Waals surface area contributed by atoms with Gasteiger partial charge in [-0.2, -0.15) is 0 Å². The minimum Gasteiger partial charge on any atom is -0.467 e. The molecular weight excluding hydrogens is 483 g/mol. The first-order valence-corrected chi connectivity index (χ1v) is 11.5. The van der Waals surface area contributed by atoms with Gasteiger partial charge in [-0.15, -0.1) is 0 Å². The predicted molar refractivity (Wildman–Crippen MR) is 128 cm³/mol. The zero-order chi connectivity index (χ0) is 24.2. The molecule has 3 heterocycles. The molecule has 34 heavy (non-hydrogen) atoms. The largest absolute Gasteiger partial charge is 0.467 e. The van der Waals surface area contributed by atoms with E-state index < -0.39 is 12.0 Å². The van der Waals surface area contributed by atoms with Gasteiger partial charge in [0.25, 0.3) is 0 Å². The Morgan fingerprint density at radius 3 is 2.71 bits per heavy atom. The lowest BCUT2D eigenvalue weighted by Crippen LogP contribution is -2.42. The Morgan fingerprint density at radius 2 is 2.00 bits per heavy atom. The number of carbonyl (C=O) groups is 2. The first-order chi connectivity index (χ1) is 16.4. The Bertz CT molecular complexity index is 1190. The smallest absolute Gasteiger partial charge is 0.331 e.